The molecule has 0 amide bonds. The van der Waals surface area contributed by atoms with E-state index in [4.69, 9.17) is 10.2 Å². The third-order valence-electron chi connectivity index (χ3n) is 1.22. The highest BCUT2D eigenvalue weighted by Gasteiger charge is 2.33. The van der Waals surface area contributed by atoms with E-state index in [0.717, 1.165) is 18.5 Å². The molecule has 0 aromatic carbocycles. The topological polar surface area (TPSA) is 46.2 Å². The molecule has 0 saturated carbocycles. The van der Waals surface area contributed by atoms with Gasteiger partial charge in [-0.25, -0.2) is 0 Å². The third kappa shape index (κ3) is 0.615. The normalized spacial score (nSPS) is 29.0. The van der Waals surface area contributed by atoms with Crippen LogP contribution < -0.4 is 5.40 Å². The maximum absolute atomic E-state index is 8.83. The first-order valence-electron chi connectivity index (χ1n) is 2.22. The van der Waals surface area contributed by atoms with Crippen molar-refractivity contribution in [1.82, 2.24) is 0 Å². The van der Waals surface area contributed by atoms with E-state index in [1.807, 2.05) is 0 Å². The van der Waals surface area contributed by atoms with E-state index in [1.54, 1.807) is 0 Å². The molecule has 1 heterocycles. The lowest BCUT2D eigenvalue weighted by Gasteiger charge is -2.27. The van der Waals surface area contributed by atoms with E-state index in [-0.39, 0.29) is 0 Å². The minimum atomic E-state index is -1.95. The second-order valence-corrected chi connectivity index (χ2v) is 5.16. The van der Waals surface area contributed by atoms with Gasteiger partial charge in [0.1, 0.15) is 0 Å². The van der Waals surface area contributed by atoms with Crippen molar-refractivity contribution in [3.05, 3.63) is 0 Å². The Bertz CT molecular complexity index is 57.8. The van der Waals surface area contributed by atoms with E-state index in [2.05, 4.69) is 0 Å². The van der Waals surface area contributed by atoms with Gasteiger partial charge in [0.15, 0.2) is 0 Å². The minimum Gasteiger partial charge on any atom is -0.419 e. The molecule has 36 valence electrons. The van der Waals surface area contributed by atoms with Gasteiger partial charge in [-0.15, -0.1) is 0 Å². The standard InChI is InChI=1S/C3H9NOSi/c4-6(5)2-1-3-6/h5H,1-4H2. The third-order valence-corrected chi connectivity index (χ3v) is 3.66. The molecule has 0 aliphatic carbocycles. The second kappa shape index (κ2) is 1.05. The lowest BCUT2D eigenvalue weighted by Crippen LogP contribution is -2.51. The fourth-order valence-corrected chi connectivity index (χ4v) is 1.62. The fraction of sp³-hybridized carbons (Fsp3) is 1.00. The lowest BCUT2D eigenvalue weighted by atomic mass is 10.5. The number of rotatable bonds is 0. The summed E-state index contributed by atoms with van der Waals surface area (Å²) in [6, 6.07) is 1.85. The highest BCUT2D eigenvalue weighted by atomic mass is 28.4. The van der Waals surface area contributed by atoms with Gasteiger partial charge in [0, 0.05) is 0 Å². The van der Waals surface area contributed by atoms with Gasteiger partial charge >= 0.3 is 0 Å². The van der Waals surface area contributed by atoms with Crippen LogP contribution in [-0.2, 0) is 0 Å². The van der Waals surface area contributed by atoms with Crippen LogP contribution in [0.3, 0.4) is 0 Å². The number of hydrogen-bond donors (Lipinski definition) is 2. The van der Waals surface area contributed by atoms with Gasteiger partial charge in [0.2, 0.25) is 0 Å². The Morgan fingerprint density at radius 1 is 1.50 bits per heavy atom. The Kier molecular flexibility index (Phi) is 0.755. The lowest BCUT2D eigenvalue weighted by molar-refractivity contribution is 0.495. The fourth-order valence-electron chi connectivity index (χ4n) is 0.539. The highest BCUT2D eigenvalue weighted by molar-refractivity contribution is 6.71. The Labute approximate surface area is 38.2 Å². The van der Waals surface area contributed by atoms with Gasteiger partial charge in [-0.2, -0.15) is 0 Å². The van der Waals surface area contributed by atoms with E-state index >= 15 is 0 Å². The average Bonchev–Trinajstić information content (AvgIpc) is 1.32. The molecule has 0 spiro atoms. The van der Waals surface area contributed by atoms with Crippen LogP contribution in [0.4, 0.5) is 0 Å². The summed E-state index contributed by atoms with van der Waals surface area (Å²) in [6.07, 6.45) is 1.15. The summed E-state index contributed by atoms with van der Waals surface area (Å²) in [4.78, 5) is 8.83. The molecule has 1 aliphatic heterocycles. The predicted octanol–water partition coefficient (Wildman–Crippen LogP) is -0.217. The van der Waals surface area contributed by atoms with E-state index in [0.29, 0.717) is 0 Å². The number of hydrogen-bond acceptors (Lipinski definition) is 2. The van der Waals surface area contributed by atoms with Crippen LogP contribution in [0.5, 0.6) is 0 Å². The SMILES string of the molecule is N[Si]1(O)CCC1. The van der Waals surface area contributed by atoms with Crippen LogP contribution in [0.1, 0.15) is 6.42 Å². The van der Waals surface area contributed by atoms with Gasteiger partial charge in [0.05, 0.1) is 0 Å². The summed E-state index contributed by atoms with van der Waals surface area (Å²) in [7, 11) is -1.95. The Morgan fingerprint density at radius 3 is 1.83 bits per heavy atom. The molecule has 0 aromatic rings. The molecule has 0 aromatic heterocycles. The van der Waals surface area contributed by atoms with Crippen molar-refractivity contribution in [2.24, 2.45) is 5.40 Å². The van der Waals surface area contributed by atoms with Gasteiger partial charge in [-0.1, -0.05) is 6.42 Å². The summed E-state index contributed by atoms with van der Waals surface area (Å²) >= 11 is 0. The van der Waals surface area contributed by atoms with Crippen molar-refractivity contribution in [3.8, 4) is 0 Å². The van der Waals surface area contributed by atoms with Gasteiger partial charge in [-0.05, 0) is 12.1 Å². The summed E-state index contributed by atoms with van der Waals surface area (Å²) in [5, 5.41) is 5.32. The molecule has 2 nitrogen and oxygen atoms in total. The highest BCUT2D eigenvalue weighted by Crippen LogP contribution is 2.23. The van der Waals surface area contributed by atoms with Crippen LogP contribution in [-0.4, -0.2) is 13.3 Å². The monoisotopic (exact) mass is 103 g/mol. The molecular formula is C3H9NOSi. The molecule has 3 heteroatoms. The quantitative estimate of drug-likeness (QED) is 0.416. The van der Waals surface area contributed by atoms with Crippen molar-refractivity contribution >= 4 is 8.48 Å². The number of nitrogens with two attached hydrogens (primary N) is 1. The van der Waals surface area contributed by atoms with Crippen LogP contribution in [0.15, 0.2) is 0 Å². The Hall–Kier alpha value is 0.137. The molecule has 6 heavy (non-hydrogen) atoms. The van der Waals surface area contributed by atoms with E-state index < -0.39 is 8.48 Å². The van der Waals surface area contributed by atoms with Crippen molar-refractivity contribution in [3.63, 3.8) is 0 Å². The van der Waals surface area contributed by atoms with E-state index in [9.17, 15) is 0 Å². The molecule has 1 rings (SSSR count). The first-order chi connectivity index (χ1) is 2.71. The Morgan fingerprint density at radius 2 is 1.83 bits per heavy atom. The molecule has 1 aliphatic rings. The van der Waals surface area contributed by atoms with Gasteiger partial charge < -0.3 is 10.2 Å². The zero-order valence-electron chi connectivity index (χ0n) is 3.65. The summed E-state index contributed by atoms with van der Waals surface area (Å²) in [5.41, 5.74) is 0. The molecule has 0 bridgehead atoms. The summed E-state index contributed by atoms with van der Waals surface area (Å²) in [6.45, 7) is 0. The van der Waals surface area contributed by atoms with Crippen LogP contribution in [0.25, 0.3) is 0 Å². The Balaban J connectivity index is 2.31. The predicted molar refractivity (Wildman–Crippen MR) is 26.4 cm³/mol. The summed E-state index contributed by atoms with van der Waals surface area (Å²) < 4.78 is 0. The molecule has 0 radical (unpaired) electrons. The molecule has 3 N–H and O–H groups in total. The van der Waals surface area contributed by atoms with Crippen molar-refractivity contribution in [2.75, 3.05) is 0 Å². The zero-order chi connectivity index (χ0) is 4.62. The first kappa shape index (κ1) is 4.30. The van der Waals surface area contributed by atoms with Crippen molar-refractivity contribution < 1.29 is 4.80 Å². The maximum Gasteiger partial charge on any atom is 0.263 e. The van der Waals surface area contributed by atoms with Crippen molar-refractivity contribution in [2.45, 2.75) is 18.5 Å². The largest absolute Gasteiger partial charge is 0.419 e. The average molecular weight is 103 g/mol. The molecule has 1 saturated heterocycles. The van der Waals surface area contributed by atoms with Gasteiger partial charge in [0.25, 0.3) is 8.48 Å². The van der Waals surface area contributed by atoms with Crippen molar-refractivity contribution in [1.29, 1.82) is 0 Å². The molecule has 0 atom stereocenters. The smallest absolute Gasteiger partial charge is 0.263 e. The van der Waals surface area contributed by atoms with Crippen LogP contribution in [0, 0.1) is 0 Å². The molecular weight excluding hydrogens is 94.1 g/mol. The zero-order valence-corrected chi connectivity index (χ0v) is 4.65. The summed E-state index contributed by atoms with van der Waals surface area (Å²) in [5.74, 6) is 0. The van der Waals surface area contributed by atoms with E-state index in [1.165, 1.54) is 0 Å². The van der Waals surface area contributed by atoms with Crippen LogP contribution in [0.2, 0.25) is 12.1 Å². The first-order valence-corrected chi connectivity index (χ1v) is 4.66. The second-order valence-electron chi connectivity index (χ2n) is 1.96. The van der Waals surface area contributed by atoms with Gasteiger partial charge in [-0.3, -0.25) is 0 Å². The maximum atomic E-state index is 8.83. The minimum absolute atomic E-state index is 0.924. The van der Waals surface area contributed by atoms with Crippen LogP contribution >= 0.6 is 0 Å². The molecule has 1 fully saturated rings. The molecule has 0 unspecified atom stereocenters.